The Balaban J connectivity index is 0.000000135. The van der Waals surface area contributed by atoms with Crippen molar-refractivity contribution in [2.45, 2.75) is 30.0 Å². The van der Waals surface area contributed by atoms with Crippen LogP contribution < -0.4 is 0 Å². The van der Waals surface area contributed by atoms with Crippen molar-refractivity contribution in [2.24, 2.45) is 0 Å². The number of cyclic esters (lactones) is 2. The number of benzene rings is 2. The Morgan fingerprint density at radius 1 is 0.781 bits per heavy atom. The molecule has 4 fully saturated rings. The largest absolute Gasteiger partial charge is 0.447 e. The molecular formula is C24H24N2O6. The third-order valence-electron chi connectivity index (χ3n) is 6.76. The molecule has 4 heterocycles. The summed E-state index contributed by atoms with van der Waals surface area (Å²) in [6.07, 6.45) is -0.228. The Hall–Kier alpha value is -3.39. The van der Waals surface area contributed by atoms with Gasteiger partial charge in [-0.1, -0.05) is 60.7 Å². The van der Waals surface area contributed by atoms with E-state index >= 15 is 0 Å². The van der Waals surface area contributed by atoms with Crippen LogP contribution in [0, 0.1) is 0 Å². The highest BCUT2D eigenvalue weighted by atomic mass is 16.6. The van der Waals surface area contributed by atoms with Crippen LogP contribution in [-0.2, 0) is 25.3 Å². The zero-order chi connectivity index (χ0) is 22.3. The zero-order valence-electron chi connectivity index (χ0n) is 17.5. The Kier molecular flexibility index (Phi) is 4.89. The van der Waals surface area contributed by atoms with Gasteiger partial charge in [-0.25, -0.2) is 9.59 Å². The molecule has 0 saturated carbocycles. The van der Waals surface area contributed by atoms with Gasteiger partial charge in [0, 0.05) is 12.8 Å². The molecule has 1 unspecified atom stereocenters. The van der Waals surface area contributed by atoms with Crippen molar-refractivity contribution in [3.63, 3.8) is 0 Å². The molecule has 2 amide bonds. The fourth-order valence-electron chi connectivity index (χ4n) is 5.22. The maximum atomic E-state index is 11.6. The van der Waals surface area contributed by atoms with Crippen LogP contribution in [0.4, 0.5) is 9.59 Å². The van der Waals surface area contributed by atoms with E-state index in [0.717, 1.165) is 11.1 Å². The lowest BCUT2D eigenvalue weighted by Crippen LogP contribution is -2.39. The molecule has 2 aromatic carbocycles. The lowest BCUT2D eigenvalue weighted by molar-refractivity contribution is -0.117. The second-order valence-corrected chi connectivity index (χ2v) is 8.67. The summed E-state index contributed by atoms with van der Waals surface area (Å²) in [5.74, 6) is 0.0977. The molecular weight excluding hydrogens is 412 g/mol. The van der Waals surface area contributed by atoms with E-state index in [-0.39, 0.29) is 31.1 Å². The van der Waals surface area contributed by atoms with Gasteiger partial charge < -0.3 is 14.6 Å². The lowest BCUT2D eigenvalue weighted by atomic mass is 9.88. The highest BCUT2D eigenvalue weighted by molar-refractivity contribution is 5.91. The van der Waals surface area contributed by atoms with Crippen LogP contribution in [0.2, 0.25) is 0 Å². The summed E-state index contributed by atoms with van der Waals surface area (Å²) in [6.45, 7) is 1.16. The molecule has 32 heavy (non-hydrogen) atoms. The van der Waals surface area contributed by atoms with Crippen molar-refractivity contribution in [1.82, 2.24) is 9.80 Å². The average Bonchev–Trinajstić information content (AvgIpc) is 3.51. The summed E-state index contributed by atoms with van der Waals surface area (Å²) in [6, 6.07) is 19.4. The van der Waals surface area contributed by atoms with E-state index in [9.17, 15) is 19.5 Å². The van der Waals surface area contributed by atoms with E-state index in [1.165, 1.54) is 0 Å². The van der Waals surface area contributed by atoms with E-state index in [1.54, 1.807) is 9.80 Å². The van der Waals surface area contributed by atoms with Crippen LogP contribution >= 0.6 is 0 Å². The highest BCUT2D eigenvalue weighted by Gasteiger charge is 2.55. The van der Waals surface area contributed by atoms with E-state index in [1.807, 2.05) is 60.7 Å². The minimum atomic E-state index is -0.546. The van der Waals surface area contributed by atoms with Gasteiger partial charge in [0.1, 0.15) is 24.3 Å². The molecule has 8 heteroatoms. The smallest absolute Gasteiger partial charge is 0.411 e. The van der Waals surface area contributed by atoms with Gasteiger partial charge in [0.2, 0.25) is 0 Å². The monoisotopic (exact) mass is 436 g/mol. The number of fused-ring (bicyclic) bond motifs is 2. The standard InChI is InChI=1S/C12H13NO3.C12H11NO3/c2*14-10-6-12(9-4-2-1-3-5-9)8-16-11(15)13(12)7-10/h1-5,10,14H,6-8H2;1-5H,6-8H2/t10?,12-;12-/m11/s1. The molecule has 0 aliphatic carbocycles. The molecule has 3 atom stereocenters. The summed E-state index contributed by atoms with van der Waals surface area (Å²) in [7, 11) is 0. The van der Waals surface area contributed by atoms with Crippen molar-refractivity contribution in [3.8, 4) is 0 Å². The molecule has 1 N–H and O–H groups in total. The SMILES string of the molecule is O=C1CN2C(=O)OC[C@@]2(c2ccccc2)C1.O=C1OC[C@@]2(c3ccccc3)CC(O)CN12. The summed E-state index contributed by atoms with van der Waals surface area (Å²) in [5.41, 5.74) is 1.02. The predicted molar refractivity (Wildman–Crippen MR) is 113 cm³/mol. The molecule has 4 aliphatic heterocycles. The number of rotatable bonds is 2. The first kappa shape index (κ1) is 20.5. The van der Waals surface area contributed by atoms with Crippen molar-refractivity contribution in [3.05, 3.63) is 71.8 Å². The van der Waals surface area contributed by atoms with Crippen LogP contribution in [0.15, 0.2) is 60.7 Å². The van der Waals surface area contributed by atoms with Gasteiger partial charge in [-0.3, -0.25) is 14.6 Å². The normalized spacial score (nSPS) is 30.4. The third-order valence-corrected chi connectivity index (χ3v) is 6.76. The first-order valence-corrected chi connectivity index (χ1v) is 10.6. The third kappa shape index (κ3) is 3.14. The van der Waals surface area contributed by atoms with Crippen molar-refractivity contribution in [2.75, 3.05) is 26.3 Å². The van der Waals surface area contributed by atoms with Crippen LogP contribution in [0.25, 0.3) is 0 Å². The number of aliphatic hydroxyl groups excluding tert-OH is 1. The quantitative estimate of drug-likeness (QED) is 0.777. The Bertz CT molecular complexity index is 1040. The minimum absolute atomic E-state index is 0.0977. The van der Waals surface area contributed by atoms with Gasteiger partial charge in [0.15, 0.2) is 5.78 Å². The van der Waals surface area contributed by atoms with E-state index in [4.69, 9.17) is 9.47 Å². The molecule has 4 saturated heterocycles. The number of ketones is 1. The number of amides is 2. The van der Waals surface area contributed by atoms with Gasteiger partial charge in [-0.2, -0.15) is 0 Å². The number of hydrogen-bond acceptors (Lipinski definition) is 6. The van der Waals surface area contributed by atoms with Crippen LogP contribution in [0.3, 0.4) is 0 Å². The maximum absolute atomic E-state index is 11.6. The zero-order valence-corrected chi connectivity index (χ0v) is 17.5. The maximum Gasteiger partial charge on any atom is 0.411 e. The van der Waals surface area contributed by atoms with Gasteiger partial charge in [0.25, 0.3) is 0 Å². The fraction of sp³-hybridized carbons (Fsp3) is 0.375. The van der Waals surface area contributed by atoms with E-state index < -0.39 is 17.2 Å². The fourth-order valence-corrected chi connectivity index (χ4v) is 5.22. The first-order valence-electron chi connectivity index (χ1n) is 10.6. The van der Waals surface area contributed by atoms with Crippen LogP contribution in [0.5, 0.6) is 0 Å². The molecule has 2 aromatic rings. The number of Topliss-reactive ketones (excluding diaryl/α,β-unsaturated/α-hetero) is 1. The molecule has 0 aromatic heterocycles. The summed E-state index contributed by atoms with van der Waals surface area (Å²) in [5, 5.41) is 9.73. The predicted octanol–water partition coefficient (Wildman–Crippen LogP) is 2.41. The second-order valence-electron chi connectivity index (χ2n) is 8.67. The Morgan fingerprint density at radius 3 is 1.94 bits per heavy atom. The molecule has 8 nitrogen and oxygen atoms in total. The number of nitrogens with zero attached hydrogens (tertiary/aromatic N) is 2. The topological polar surface area (TPSA) is 96.4 Å². The molecule has 4 aliphatic rings. The van der Waals surface area contributed by atoms with Gasteiger partial charge in [-0.15, -0.1) is 0 Å². The van der Waals surface area contributed by atoms with Crippen LogP contribution in [0.1, 0.15) is 24.0 Å². The number of carbonyl (C=O) groups excluding carboxylic acids is 3. The molecule has 166 valence electrons. The number of aliphatic hydroxyl groups is 1. The van der Waals surface area contributed by atoms with Crippen molar-refractivity contribution in [1.29, 1.82) is 0 Å². The Labute approximate surface area is 185 Å². The summed E-state index contributed by atoms with van der Waals surface area (Å²) >= 11 is 0. The van der Waals surface area contributed by atoms with Crippen LogP contribution in [-0.4, -0.2) is 65.3 Å². The molecule has 0 bridgehead atoms. The van der Waals surface area contributed by atoms with Gasteiger partial charge >= 0.3 is 12.2 Å². The second kappa shape index (κ2) is 7.63. The van der Waals surface area contributed by atoms with Gasteiger partial charge in [0.05, 0.1) is 19.2 Å². The van der Waals surface area contributed by atoms with E-state index in [0.29, 0.717) is 26.0 Å². The first-order chi connectivity index (χ1) is 15.4. The average molecular weight is 436 g/mol. The van der Waals surface area contributed by atoms with Crippen molar-refractivity contribution < 1.29 is 29.0 Å². The van der Waals surface area contributed by atoms with Gasteiger partial charge in [-0.05, 0) is 11.1 Å². The van der Waals surface area contributed by atoms with E-state index in [2.05, 4.69) is 0 Å². The lowest BCUT2D eigenvalue weighted by Gasteiger charge is -2.28. The molecule has 6 rings (SSSR count). The number of carbonyl (C=O) groups is 3. The molecule has 0 radical (unpaired) electrons. The summed E-state index contributed by atoms with van der Waals surface area (Å²) in [4.78, 5) is 37.8. The van der Waals surface area contributed by atoms with Crippen molar-refractivity contribution >= 4 is 18.0 Å². The summed E-state index contributed by atoms with van der Waals surface area (Å²) < 4.78 is 10.2. The number of ether oxygens (including phenoxy) is 2. The Morgan fingerprint density at radius 2 is 1.31 bits per heavy atom. The number of hydrogen-bond donors (Lipinski definition) is 1. The highest BCUT2D eigenvalue weighted by Crippen LogP contribution is 2.43. The minimum Gasteiger partial charge on any atom is -0.447 e. The molecule has 0 spiro atoms.